The van der Waals surface area contributed by atoms with E-state index in [0.29, 0.717) is 5.76 Å². The van der Waals surface area contributed by atoms with E-state index >= 15 is 0 Å². The van der Waals surface area contributed by atoms with Gasteiger partial charge in [-0.2, -0.15) is 0 Å². The Morgan fingerprint density at radius 1 is 1.44 bits per heavy atom. The molecular formula is C4H7Cl3OSi. The zero-order valence-corrected chi connectivity index (χ0v) is 8.39. The third-order valence-electron chi connectivity index (χ3n) is 0.683. The van der Waals surface area contributed by atoms with Gasteiger partial charge in [0.25, 0.3) is 0 Å². The molecule has 0 aliphatic carbocycles. The van der Waals surface area contributed by atoms with Crippen LogP contribution in [0.5, 0.6) is 0 Å². The molecular weight excluding hydrogens is 198 g/mol. The Labute approximate surface area is 69.8 Å². The van der Waals surface area contributed by atoms with Gasteiger partial charge in [0.2, 0.25) is 0 Å². The van der Waals surface area contributed by atoms with Gasteiger partial charge < -0.3 is 4.43 Å². The summed E-state index contributed by atoms with van der Waals surface area (Å²) in [6.07, 6.45) is -1.15. The van der Waals surface area contributed by atoms with Gasteiger partial charge in [0.15, 0.2) is 0 Å². The highest BCUT2D eigenvalue weighted by atomic mass is 35.8. The Balaban J connectivity index is 3.75. The van der Waals surface area contributed by atoms with Crippen molar-refractivity contribution in [2.45, 2.75) is 13.8 Å². The largest absolute Gasteiger partial charge is 0.555 e. The number of hydrogen-bond acceptors (Lipinski definition) is 1. The second-order valence-electron chi connectivity index (χ2n) is 1.45. The van der Waals surface area contributed by atoms with Crippen LogP contribution in [0.2, 0.25) is 0 Å². The van der Waals surface area contributed by atoms with Crippen molar-refractivity contribution in [2.24, 2.45) is 0 Å². The fourth-order valence-electron chi connectivity index (χ4n) is 0.241. The third-order valence-corrected chi connectivity index (χ3v) is 1.93. The number of hydrogen-bond donors (Lipinski definition) is 0. The van der Waals surface area contributed by atoms with Crippen LogP contribution in [0.3, 0.4) is 0 Å². The number of halogens is 3. The lowest BCUT2D eigenvalue weighted by Crippen LogP contribution is -2.14. The fraction of sp³-hybridized carbons (Fsp3) is 0.500. The van der Waals surface area contributed by atoms with Crippen LogP contribution in [0.25, 0.3) is 0 Å². The maximum absolute atomic E-state index is 5.41. The molecule has 9 heavy (non-hydrogen) atoms. The summed E-state index contributed by atoms with van der Waals surface area (Å²) < 4.78 is 4.88. The molecule has 0 rings (SSSR count). The van der Waals surface area contributed by atoms with Crippen LogP contribution in [-0.4, -0.2) is 6.25 Å². The Morgan fingerprint density at radius 3 is 2.00 bits per heavy atom. The molecule has 0 aliphatic heterocycles. The van der Waals surface area contributed by atoms with Crippen LogP contribution in [0.15, 0.2) is 11.8 Å². The average molecular weight is 206 g/mol. The molecule has 0 aromatic heterocycles. The Morgan fingerprint density at radius 2 is 1.89 bits per heavy atom. The van der Waals surface area contributed by atoms with Crippen molar-refractivity contribution in [3.63, 3.8) is 0 Å². The van der Waals surface area contributed by atoms with E-state index < -0.39 is 6.25 Å². The molecule has 0 amide bonds. The van der Waals surface area contributed by atoms with Gasteiger partial charge in [0, 0.05) is 0 Å². The van der Waals surface area contributed by atoms with Gasteiger partial charge in [-0.1, -0.05) is 39.3 Å². The minimum absolute atomic E-state index is 0.654. The topological polar surface area (TPSA) is 9.23 Å². The third kappa shape index (κ3) is 6.51. The molecule has 0 spiro atoms. The Kier molecular flexibility index (Phi) is 3.97. The van der Waals surface area contributed by atoms with Crippen molar-refractivity contribution >= 4 is 39.5 Å². The van der Waals surface area contributed by atoms with Crippen molar-refractivity contribution in [3.8, 4) is 0 Å². The first-order valence-corrected chi connectivity index (χ1v) is 7.29. The van der Waals surface area contributed by atoms with Crippen molar-refractivity contribution in [3.05, 3.63) is 11.8 Å². The molecule has 0 bridgehead atoms. The minimum atomic E-state index is -2.89. The highest BCUT2D eigenvalue weighted by Gasteiger charge is 2.29. The predicted molar refractivity (Wildman–Crippen MR) is 43.8 cm³/mol. The first-order chi connectivity index (χ1) is 3.95. The maximum Gasteiger partial charge on any atom is 0.555 e. The van der Waals surface area contributed by atoms with Crippen molar-refractivity contribution in [1.82, 2.24) is 0 Å². The Hall–Kier alpha value is 0.627. The highest BCUT2D eigenvalue weighted by molar-refractivity contribution is 7.62. The van der Waals surface area contributed by atoms with Gasteiger partial charge in [-0.25, -0.2) is 0 Å². The molecule has 1 nitrogen and oxygen atoms in total. The van der Waals surface area contributed by atoms with E-state index in [1.165, 1.54) is 0 Å². The van der Waals surface area contributed by atoms with Crippen molar-refractivity contribution < 1.29 is 4.43 Å². The van der Waals surface area contributed by atoms with E-state index in [-0.39, 0.29) is 0 Å². The fourth-order valence-corrected chi connectivity index (χ4v) is 1.82. The summed E-state index contributed by atoms with van der Waals surface area (Å²) >= 11 is 16.2. The molecule has 5 heteroatoms. The van der Waals surface area contributed by atoms with Gasteiger partial charge in [-0.3, -0.25) is 0 Å². The first-order valence-electron chi connectivity index (χ1n) is 2.34. The monoisotopic (exact) mass is 204 g/mol. The standard InChI is InChI=1S/C4H7Cl3OSi/c1-3-4(2)8-9(5,6)7/h3H,1-2H3/b4-3-. The zero-order valence-electron chi connectivity index (χ0n) is 5.12. The molecule has 0 saturated heterocycles. The van der Waals surface area contributed by atoms with Crippen molar-refractivity contribution in [1.29, 1.82) is 0 Å². The molecule has 0 fully saturated rings. The van der Waals surface area contributed by atoms with Crippen LogP contribution in [0.1, 0.15) is 13.8 Å². The van der Waals surface area contributed by atoms with E-state index in [0.717, 1.165) is 0 Å². The van der Waals surface area contributed by atoms with E-state index in [9.17, 15) is 0 Å². The van der Waals surface area contributed by atoms with Crippen LogP contribution in [-0.2, 0) is 4.43 Å². The second-order valence-corrected chi connectivity index (χ2v) is 9.07. The van der Waals surface area contributed by atoms with Crippen molar-refractivity contribution in [2.75, 3.05) is 0 Å². The van der Waals surface area contributed by atoms with Gasteiger partial charge in [-0.05, 0) is 13.8 Å². The van der Waals surface area contributed by atoms with Gasteiger partial charge in [0.1, 0.15) is 0 Å². The molecule has 0 aliphatic rings. The number of rotatable bonds is 2. The van der Waals surface area contributed by atoms with E-state index in [1.54, 1.807) is 13.0 Å². The van der Waals surface area contributed by atoms with Gasteiger partial charge in [0.05, 0.1) is 5.76 Å². The van der Waals surface area contributed by atoms with Gasteiger partial charge >= 0.3 is 6.25 Å². The lowest BCUT2D eigenvalue weighted by atomic mass is 10.5. The molecule has 0 saturated carbocycles. The van der Waals surface area contributed by atoms with Crippen LogP contribution in [0.4, 0.5) is 0 Å². The predicted octanol–water partition coefficient (Wildman–Crippen LogP) is 3.08. The summed E-state index contributed by atoms with van der Waals surface area (Å²) in [6.45, 7) is 3.56. The molecule has 0 radical (unpaired) electrons. The summed E-state index contributed by atoms with van der Waals surface area (Å²) in [4.78, 5) is 0. The first kappa shape index (κ1) is 9.63. The summed E-state index contributed by atoms with van der Waals surface area (Å²) in [5.41, 5.74) is 0. The lowest BCUT2D eigenvalue weighted by molar-refractivity contribution is 0.454. The summed E-state index contributed by atoms with van der Waals surface area (Å²) in [7, 11) is 0. The lowest BCUT2D eigenvalue weighted by Gasteiger charge is -2.10. The summed E-state index contributed by atoms with van der Waals surface area (Å²) in [5.74, 6) is 0.654. The molecule has 0 aromatic carbocycles. The normalized spacial score (nSPS) is 13.7. The van der Waals surface area contributed by atoms with E-state index in [1.807, 2.05) is 6.92 Å². The quantitative estimate of drug-likeness (QED) is 0.382. The zero-order chi connectivity index (χ0) is 7.49. The average Bonchev–Trinajstić information content (AvgIpc) is 1.62. The SMILES string of the molecule is C/C=C(/C)O[Si](Cl)(Cl)Cl. The Bertz CT molecular complexity index is 117. The van der Waals surface area contributed by atoms with Crippen LogP contribution in [0, 0.1) is 0 Å². The summed E-state index contributed by atoms with van der Waals surface area (Å²) in [6, 6.07) is 0. The summed E-state index contributed by atoms with van der Waals surface area (Å²) in [5, 5.41) is 0. The molecule has 0 atom stereocenters. The maximum atomic E-state index is 5.41. The van der Waals surface area contributed by atoms with Crippen LogP contribution < -0.4 is 0 Å². The number of allylic oxidation sites excluding steroid dienone is 2. The molecule has 54 valence electrons. The molecule has 0 unspecified atom stereocenters. The van der Waals surface area contributed by atoms with E-state index in [4.69, 9.17) is 37.7 Å². The molecule has 0 N–H and O–H groups in total. The molecule has 0 aromatic rings. The second kappa shape index (κ2) is 3.71. The smallest absolute Gasteiger partial charge is 0.512 e. The highest BCUT2D eigenvalue weighted by Crippen LogP contribution is 2.23. The van der Waals surface area contributed by atoms with Gasteiger partial charge in [-0.15, -0.1) is 0 Å². The molecule has 0 heterocycles. The van der Waals surface area contributed by atoms with E-state index in [2.05, 4.69) is 0 Å². The van der Waals surface area contributed by atoms with Crippen LogP contribution >= 0.6 is 33.2 Å². The minimum Gasteiger partial charge on any atom is -0.512 e.